The van der Waals surface area contributed by atoms with Gasteiger partial charge in [0.2, 0.25) is 5.95 Å². The van der Waals surface area contributed by atoms with Crippen LogP contribution in [0.25, 0.3) is 10.2 Å². The van der Waals surface area contributed by atoms with E-state index in [1.807, 2.05) is 18.5 Å². The Morgan fingerprint density at radius 3 is 2.94 bits per heavy atom. The van der Waals surface area contributed by atoms with Crippen LogP contribution in [0.15, 0.2) is 11.4 Å². The lowest BCUT2D eigenvalue weighted by molar-refractivity contribution is 0.205. The second-order valence-corrected chi connectivity index (χ2v) is 4.74. The summed E-state index contributed by atoms with van der Waals surface area (Å²) in [6, 6.07) is 2.02. The first-order valence-electron chi connectivity index (χ1n) is 5.97. The first-order chi connectivity index (χ1) is 8.80. The molecule has 0 aromatic carbocycles. The SMILES string of the molecule is CCN(CCOC)c1nc(NC)nc2ccsc12. The first-order valence-corrected chi connectivity index (χ1v) is 6.85. The minimum Gasteiger partial charge on any atom is -0.383 e. The summed E-state index contributed by atoms with van der Waals surface area (Å²) < 4.78 is 6.28. The van der Waals surface area contributed by atoms with Gasteiger partial charge in [-0.25, -0.2) is 4.98 Å². The number of anilines is 2. The molecular weight excluding hydrogens is 248 g/mol. The van der Waals surface area contributed by atoms with E-state index >= 15 is 0 Å². The summed E-state index contributed by atoms with van der Waals surface area (Å²) in [7, 11) is 3.55. The second kappa shape index (κ2) is 5.97. The zero-order chi connectivity index (χ0) is 13.0. The molecule has 0 atom stereocenters. The Hall–Kier alpha value is -1.40. The van der Waals surface area contributed by atoms with E-state index in [9.17, 15) is 0 Å². The van der Waals surface area contributed by atoms with E-state index in [0.29, 0.717) is 12.6 Å². The zero-order valence-corrected chi connectivity index (χ0v) is 11.8. The maximum atomic E-state index is 5.15. The van der Waals surface area contributed by atoms with Crippen LogP contribution in [0.4, 0.5) is 11.8 Å². The van der Waals surface area contributed by atoms with Crippen LogP contribution >= 0.6 is 11.3 Å². The number of aromatic nitrogens is 2. The molecule has 0 amide bonds. The maximum absolute atomic E-state index is 5.15. The molecule has 0 aliphatic heterocycles. The Morgan fingerprint density at radius 2 is 2.28 bits per heavy atom. The number of rotatable bonds is 6. The number of hydrogen-bond donors (Lipinski definition) is 1. The van der Waals surface area contributed by atoms with Gasteiger partial charge in [-0.2, -0.15) is 4.98 Å². The molecule has 0 fully saturated rings. The third kappa shape index (κ3) is 2.54. The summed E-state index contributed by atoms with van der Waals surface area (Å²) in [5.74, 6) is 1.64. The summed E-state index contributed by atoms with van der Waals surface area (Å²) in [6.07, 6.45) is 0. The summed E-state index contributed by atoms with van der Waals surface area (Å²) >= 11 is 1.68. The van der Waals surface area contributed by atoms with Gasteiger partial charge in [0.05, 0.1) is 16.8 Å². The Morgan fingerprint density at radius 1 is 1.44 bits per heavy atom. The Labute approximate surface area is 111 Å². The van der Waals surface area contributed by atoms with E-state index in [4.69, 9.17) is 4.74 Å². The fourth-order valence-electron chi connectivity index (χ4n) is 1.79. The van der Waals surface area contributed by atoms with E-state index in [0.717, 1.165) is 29.1 Å². The first kappa shape index (κ1) is 13.0. The highest BCUT2D eigenvalue weighted by Crippen LogP contribution is 2.29. The van der Waals surface area contributed by atoms with Crippen LogP contribution in [0.1, 0.15) is 6.92 Å². The van der Waals surface area contributed by atoms with Crippen molar-refractivity contribution in [2.45, 2.75) is 6.92 Å². The molecule has 2 aromatic heterocycles. The number of hydrogen-bond acceptors (Lipinski definition) is 6. The summed E-state index contributed by atoms with van der Waals surface area (Å²) in [4.78, 5) is 11.2. The molecule has 5 nitrogen and oxygen atoms in total. The van der Waals surface area contributed by atoms with Crippen LogP contribution < -0.4 is 10.2 Å². The van der Waals surface area contributed by atoms with Crippen molar-refractivity contribution in [3.8, 4) is 0 Å². The van der Waals surface area contributed by atoms with Crippen molar-refractivity contribution in [1.82, 2.24) is 9.97 Å². The van der Waals surface area contributed by atoms with Gasteiger partial charge < -0.3 is 15.0 Å². The summed E-state index contributed by atoms with van der Waals surface area (Å²) in [6.45, 7) is 4.55. The predicted molar refractivity (Wildman–Crippen MR) is 76.7 cm³/mol. The fraction of sp³-hybridized carbons (Fsp3) is 0.500. The number of likely N-dealkylation sites (N-methyl/N-ethyl adjacent to an activating group) is 1. The van der Waals surface area contributed by atoms with Gasteiger partial charge in [0.15, 0.2) is 5.82 Å². The second-order valence-electron chi connectivity index (χ2n) is 3.83. The Balaban J connectivity index is 2.42. The number of fused-ring (bicyclic) bond motifs is 1. The number of nitrogens with zero attached hydrogens (tertiary/aromatic N) is 3. The molecule has 6 heteroatoms. The molecule has 2 aromatic rings. The number of nitrogens with one attached hydrogen (secondary N) is 1. The minimum absolute atomic E-state index is 0.659. The van der Waals surface area contributed by atoms with Gasteiger partial charge in [0, 0.05) is 27.2 Å². The molecule has 18 heavy (non-hydrogen) atoms. The molecule has 98 valence electrons. The smallest absolute Gasteiger partial charge is 0.225 e. The van der Waals surface area contributed by atoms with Crippen LogP contribution in [0.2, 0.25) is 0 Å². The van der Waals surface area contributed by atoms with E-state index in [1.54, 1.807) is 18.4 Å². The highest BCUT2D eigenvalue weighted by Gasteiger charge is 2.13. The highest BCUT2D eigenvalue weighted by molar-refractivity contribution is 7.17. The van der Waals surface area contributed by atoms with Crippen LogP contribution in [0, 0.1) is 0 Å². The van der Waals surface area contributed by atoms with Gasteiger partial charge in [-0.3, -0.25) is 0 Å². The van der Waals surface area contributed by atoms with E-state index in [2.05, 4.69) is 27.1 Å². The lowest BCUT2D eigenvalue weighted by Gasteiger charge is -2.22. The van der Waals surface area contributed by atoms with E-state index < -0.39 is 0 Å². The van der Waals surface area contributed by atoms with Gasteiger partial charge in [0.1, 0.15) is 0 Å². The topological polar surface area (TPSA) is 50.3 Å². The number of methoxy groups -OCH3 is 1. The van der Waals surface area contributed by atoms with E-state index in [-0.39, 0.29) is 0 Å². The third-order valence-corrected chi connectivity index (χ3v) is 3.66. The molecule has 0 aliphatic rings. The number of ether oxygens (including phenoxy) is 1. The van der Waals surface area contributed by atoms with Gasteiger partial charge >= 0.3 is 0 Å². The van der Waals surface area contributed by atoms with Gasteiger partial charge in [-0.15, -0.1) is 11.3 Å². The van der Waals surface area contributed by atoms with Crippen LogP contribution in [-0.2, 0) is 4.74 Å². The maximum Gasteiger partial charge on any atom is 0.225 e. The molecule has 1 N–H and O–H groups in total. The molecule has 0 saturated heterocycles. The molecule has 2 rings (SSSR count). The fourth-order valence-corrected chi connectivity index (χ4v) is 2.64. The van der Waals surface area contributed by atoms with Crippen LogP contribution in [0.5, 0.6) is 0 Å². The van der Waals surface area contributed by atoms with Crippen molar-refractivity contribution in [2.75, 3.05) is 44.1 Å². The minimum atomic E-state index is 0.659. The Kier molecular flexibility index (Phi) is 4.33. The van der Waals surface area contributed by atoms with Gasteiger partial charge in [0.25, 0.3) is 0 Å². The van der Waals surface area contributed by atoms with Gasteiger partial charge in [-0.1, -0.05) is 0 Å². The monoisotopic (exact) mass is 266 g/mol. The normalized spacial score (nSPS) is 10.8. The van der Waals surface area contributed by atoms with Gasteiger partial charge in [-0.05, 0) is 18.4 Å². The molecule has 2 heterocycles. The van der Waals surface area contributed by atoms with Crippen molar-refractivity contribution < 1.29 is 4.74 Å². The predicted octanol–water partition coefficient (Wildman–Crippen LogP) is 2.21. The summed E-state index contributed by atoms with van der Waals surface area (Å²) in [5, 5.41) is 5.06. The molecule has 0 radical (unpaired) electrons. The lowest BCUT2D eigenvalue weighted by Crippen LogP contribution is -2.28. The molecule has 0 unspecified atom stereocenters. The molecular formula is C12H18N4OS. The van der Waals surface area contributed by atoms with Crippen LogP contribution in [-0.4, -0.2) is 43.8 Å². The zero-order valence-electron chi connectivity index (χ0n) is 10.9. The standard InChI is InChI=1S/C12H18N4OS/c1-4-16(6-7-17-3)11-10-9(5-8-18-10)14-12(13-2)15-11/h5,8H,4,6-7H2,1-3H3,(H,13,14,15). The quantitative estimate of drug-likeness (QED) is 0.868. The van der Waals surface area contributed by atoms with Crippen molar-refractivity contribution in [3.63, 3.8) is 0 Å². The third-order valence-electron chi connectivity index (χ3n) is 2.76. The Bertz CT molecular complexity index is 514. The highest BCUT2D eigenvalue weighted by atomic mass is 32.1. The largest absolute Gasteiger partial charge is 0.383 e. The summed E-state index contributed by atoms with van der Waals surface area (Å²) in [5.41, 5.74) is 0.991. The van der Waals surface area contributed by atoms with Crippen molar-refractivity contribution in [2.24, 2.45) is 0 Å². The number of thiophene rings is 1. The average Bonchev–Trinajstić information content (AvgIpc) is 2.87. The van der Waals surface area contributed by atoms with E-state index in [1.165, 1.54) is 0 Å². The van der Waals surface area contributed by atoms with Crippen molar-refractivity contribution in [3.05, 3.63) is 11.4 Å². The molecule has 0 spiro atoms. The lowest BCUT2D eigenvalue weighted by atomic mass is 10.4. The average molecular weight is 266 g/mol. The molecule has 0 aliphatic carbocycles. The molecule has 0 bridgehead atoms. The molecule has 0 saturated carbocycles. The van der Waals surface area contributed by atoms with Crippen molar-refractivity contribution in [1.29, 1.82) is 0 Å². The van der Waals surface area contributed by atoms with Crippen molar-refractivity contribution >= 4 is 33.3 Å². The van der Waals surface area contributed by atoms with Crippen LogP contribution in [0.3, 0.4) is 0 Å².